The van der Waals surface area contributed by atoms with Crippen molar-refractivity contribution in [2.24, 2.45) is 11.8 Å². The van der Waals surface area contributed by atoms with Crippen LogP contribution in [-0.4, -0.2) is 49.1 Å². The van der Waals surface area contributed by atoms with Crippen molar-refractivity contribution in [2.45, 2.75) is 33.7 Å². The summed E-state index contributed by atoms with van der Waals surface area (Å²) >= 11 is 0. The number of aromatic nitrogens is 1. The number of carbonyl (C=O) groups is 1. The number of anilines is 1. The van der Waals surface area contributed by atoms with Crippen LogP contribution in [0.1, 0.15) is 32.8 Å². The van der Waals surface area contributed by atoms with E-state index in [1.54, 1.807) is 6.07 Å². The number of aromatic amines is 1. The molecule has 1 atom stereocenters. The molecule has 0 radical (unpaired) electrons. The number of fused-ring (bicyclic) bond motifs is 2. The van der Waals surface area contributed by atoms with Crippen LogP contribution in [0.2, 0.25) is 0 Å². The molecular weight excluding hydrogens is 433 g/mol. The molecule has 0 aliphatic carbocycles. The number of ether oxygens (including phenoxy) is 2. The first-order valence-electron chi connectivity index (χ1n) is 12.0. The highest BCUT2D eigenvalue weighted by Gasteiger charge is 2.25. The molecular formula is C27H34FN3O3. The Morgan fingerprint density at radius 1 is 1.12 bits per heavy atom. The molecule has 0 unspecified atom stereocenters. The van der Waals surface area contributed by atoms with Gasteiger partial charge in [0.15, 0.2) is 17.3 Å². The van der Waals surface area contributed by atoms with Crippen LogP contribution in [0.25, 0.3) is 10.9 Å². The van der Waals surface area contributed by atoms with Gasteiger partial charge >= 0.3 is 0 Å². The van der Waals surface area contributed by atoms with Gasteiger partial charge in [0, 0.05) is 55.9 Å². The van der Waals surface area contributed by atoms with Crippen molar-refractivity contribution in [3.63, 3.8) is 0 Å². The fourth-order valence-electron chi connectivity index (χ4n) is 4.57. The summed E-state index contributed by atoms with van der Waals surface area (Å²) in [4.78, 5) is 20.7. The molecule has 34 heavy (non-hydrogen) atoms. The summed E-state index contributed by atoms with van der Waals surface area (Å²) < 4.78 is 25.9. The summed E-state index contributed by atoms with van der Waals surface area (Å²) in [7, 11) is 2.01. The molecule has 1 N–H and O–H groups in total. The van der Waals surface area contributed by atoms with Crippen LogP contribution < -0.4 is 14.4 Å². The van der Waals surface area contributed by atoms with Gasteiger partial charge in [0.25, 0.3) is 0 Å². The van der Waals surface area contributed by atoms with E-state index in [1.165, 1.54) is 6.07 Å². The zero-order chi connectivity index (χ0) is 24.2. The summed E-state index contributed by atoms with van der Waals surface area (Å²) in [5.41, 5.74) is 2.85. The Morgan fingerprint density at radius 2 is 1.91 bits per heavy atom. The second-order valence-corrected chi connectivity index (χ2v) is 9.57. The minimum absolute atomic E-state index is 0.0503. The number of H-pyrrole nitrogens is 1. The van der Waals surface area contributed by atoms with E-state index in [4.69, 9.17) is 9.47 Å². The second kappa shape index (κ2) is 10.4. The second-order valence-electron chi connectivity index (χ2n) is 9.57. The van der Waals surface area contributed by atoms with Crippen LogP contribution >= 0.6 is 0 Å². The van der Waals surface area contributed by atoms with Gasteiger partial charge in [0.05, 0.1) is 19.1 Å². The van der Waals surface area contributed by atoms with Crippen LogP contribution in [0.5, 0.6) is 11.5 Å². The smallest absolute Gasteiger partial charge is 0.227 e. The maximum Gasteiger partial charge on any atom is 0.227 e. The molecule has 4 rings (SSSR count). The average molecular weight is 468 g/mol. The molecule has 6 nitrogen and oxygen atoms in total. The van der Waals surface area contributed by atoms with E-state index < -0.39 is 5.82 Å². The summed E-state index contributed by atoms with van der Waals surface area (Å²) in [6.45, 7) is 8.54. The molecule has 0 spiro atoms. The highest BCUT2D eigenvalue weighted by molar-refractivity contribution is 5.92. The largest absolute Gasteiger partial charge is 0.489 e. The third-order valence-corrected chi connectivity index (χ3v) is 6.09. The highest BCUT2D eigenvalue weighted by atomic mass is 19.1. The van der Waals surface area contributed by atoms with Gasteiger partial charge in [-0.15, -0.1) is 0 Å². The summed E-state index contributed by atoms with van der Waals surface area (Å²) in [5.74, 6) is 0.234. The molecule has 3 aromatic rings. The number of halogens is 1. The Balaban J connectivity index is 1.50. The highest BCUT2D eigenvalue weighted by Crippen LogP contribution is 2.34. The van der Waals surface area contributed by atoms with E-state index in [0.717, 1.165) is 16.6 Å². The lowest BCUT2D eigenvalue weighted by Crippen LogP contribution is -2.41. The molecule has 1 amide bonds. The molecule has 0 saturated heterocycles. The van der Waals surface area contributed by atoms with Gasteiger partial charge in [-0.3, -0.25) is 4.79 Å². The number of hydrogen-bond donors (Lipinski definition) is 1. The fraction of sp³-hybridized carbons (Fsp3) is 0.444. The lowest BCUT2D eigenvalue weighted by Gasteiger charge is -2.30. The molecule has 2 heterocycles. The number of rotatable bonds is 8. The fourth-order valence-corrected chi connectivity index (χ4v) is 4.57. The third-order valence-electron chi connectivity index (χ3n) is 6.09. The van der Waals surface area contributed by atoms with Crippen molar-refractivity contribution < 1.29 is 18.7 Å². The number of nitrogens with zero attached hydrogens (tertiary/aromatic N) is 2. The molecule has 0 fully saturated rings. The summed E-state index contributed by atoms with van der Waals surface area (Å²) in [6, 6.07) is 11.4. The standard InChI is InChI=1S/C27H34FN3O3/c1-18(2)15-31(17-20-13-22(28)26-25(14-20)33-11-6-12-34-26)27(32)19(3)16-30(4)24-8-5-7-23-21(24)9-10-29-23/h5,7-10,13-14,18-19,29H,6,11-12,15-17H2,1-4H3/t19-/m1/s1. The molecule has 182 valence electrons. The van der Waals surface area contributed by atoms with Crippen molar-refractivity contribution in [1.29, 1.82) is 0 Å². The molecule has 1 aliphatic rings. The quantitative estimate of drug-likeness (QED) is 0.493. The number of nitrogens with one attached hydrogen (secondary N) is 1. The first kappa shape index (κ1) is 23.9. The van der Waals surface area contributed by atoms with E-state index in [1.807, 2.05) is 37.2 Å². The molecule has 0 saturated carbocycles. The zero-order valence-electron chi connectivity index (χ0n) is 20.4. The van der Waals surface area contributed by atoms with E-state index >= 15 is 0 Å². The Hall–Kier alpha value is -3.22. The van der Waals surface area contributed by atoms with Crippen LogP contribution in [0.15, 0.2) is 42.6 Å². The van der Waals surface area contributed by atoms with Gasteiger partial charge in [-0.2, -0.15) is 0 Å². The molecule has 2 aromatic carbocycles. The normalized spacial score (nSPS) is 14.2. The van der Waals surface area contributed by atoms with E-state index in [2.05, 4.69) is 35.9 Å². The third kappa shape index (κ3) is 5.29. The van der Waals surface area contributed by atoms with Gasteiger partial charge < -0.3 is 24.3 Å². The topological polar surface area (TPSA) is 57.8 Å². The first-order chi connectivity index (χ1) is 16.3. The Labute approximate surface area is 200 Å². The zero-order valence-corrected chi connectivity index (χ0v) is 20.4. The monoisotopic (exact) mass is 467 g/mol. The SMILES string of the molecule is CC(C)CN(Cc1cc(F)c2c(c1)OCCCO2)C(=O)[C@H](C)CN(C)c1cccc2[nH]ccc12. The maximum atomic E-state index is 14.7. The van der Waals surface area contributed by atoms with Crippen molar-refractivity contribution in [3.8, 4) is 11.5 Å². The minimum Gasteiger partial charge on any atom is -0.489 e. The van der Waals surface area contributed by atoms with Crippen molar-refractivity contribution in [2.75, 3.05) is 38.3 Å². The summed E-state index contributed by atoms with van der Waals surface area (Å²) in [5, 5.41) is 1.13. The minimum atomic E-state index is -0.446. The Morgan fingerprint density at radius 3 is 2.71 bits per heavy atom. The number of amides is 1. The van der Waals surface area contributed by atoms with Gasteiger partial charge in [0.1, 0.15) is 0 Å². The van der Waals surface area contributed by atoms with Crippen molar-refractivity contribution in [1.82, 2.24) is 9.88 Å². The van der Waals surface area contributed by atoms with Crippen LogP contribution in [-0.2, 0) is 11.3 Å². The lowest BCUT2D eigenvalue weighted by molar-refractivity contribution is -0.135. The Kier molecular flexibility index (Phi) is 7.29. The molecule has 1 aliphatic heterocycles. The summed E-state index contributed by atoms with van der Waals surface area (Å²) in [6.07, 6.45) is 2.64. The first-order valence-corrected chi connectivity index (χ1v) is 12.0. The number of benzene rings is 2. The van der Waals surface area contributed by atoms with Crippen LogP contribution in [0, 0.1) is 17.7 Å². The van der Waals surface area contributed by atoms with Gasteiger partial charge in [-0.05, 0) is 41.8 Å². The molecule has 7 heteroatoms. The number of hydrogen-bond acceptors (Lipinski definition) is 4. The lowest BCUT2D eigenvalue weighted by atomic mass is 10.1. The Bertz CT molecular complexity index is 1140. The average Bonchev–Trinajstić information content (AvgIpc) is 3.15. The predicted molar refractivity (Wildman–Crippen MR) is 133 cm³/mol. The van der Waals surface area contributed by atoms with E-state index in [9.17, 15) is 9.18 Å². The molecule has 1 aromatic heterocycles. The maximum absolute atomic E-state index is 14.7. The molecule has 0 bridgehead atoms. The number of carbonyl (C=O) groups excluding carboxylic acids is 1. The van der Waals surface area contributed by atoms with Gasteiger partial charge in [-0.1, -0.05) is 26.8 Å². The van der Waals surface area contributed by atoms with Gasteiger partial charge in [-0.25, -0.2) is 4.39 Å². The van der Waals surface area contributed by atoms with Crippen LogP contribution in [0.4, 0.5) is 10.1 Å². The van der Waals surface area contributed by atoms with Gasteiger partial charge in [0.2, 0.25) is 5.91 Å². The van der Waals surface area contributed by atoms with Crippen molar-refractivity contribution in [3.05, 3.63) is 54.0 Å². The predicted octanol–water partition coefficient (Wildman–Crippen LogP) is 5.23. The van der Waals surface area contributed by atoms with Crippen LogP contribution in [0.3, 0.4) is 0 Å². The van der Waals surface area contributed by atoms with E-state index in [-0.39, 0.29) is 23.5 Å². The van der Waals surface area contributed by atoms with Crippen molar-refractivity contribution >= 4 is 22.5 Å². The van der Waals surface area contributed by atoms with E-state index in [0.29, 0.717) is 50.6 Å².